The second-order valence-corrected chi connectivity index (χ2v) is 10.1. The van der Waals surface area contributed by atoms with Gasteiger partial charge in [0.2, 0.25) is 5.91 Å². The minimum atomic E-state index is -4.37. The summed E-state index contributed by atoms with van der Waals surface area (Å²) < 4.78 is 26.1. The zero-order valence-corrected chi connectivity index (χ0v) is 23.1. The second kappa shape index (κ2) is 23.9. The van der Waals surface area contributed by atoms with E-state index in [9.17, 15) is 24.2 Å². The van der Waals surface area contributed by atoms with Crippen LogP contribution in [-0.2, 0) is 27.9 Å². The highest BCUT2D eigenvalue weighted by atomic mass is 31.2. The number of aliphatic hydroxyl groups is 1. The monoisotopic (exact) mass is 533 g/mol. The predicted octanol–water partition coefficient (Wildman–Crippen LogP) is 5.36. The number of esters is 1. The molecule has 0 radical (unpaired) electrons. The number of phosphoric ester groups is 1. The predicted molar refractivity (Wildman–Crippen MR) is 141 cm³/mol. The molecule has 0 heterocycles. The summed E-state index contributed by atoms with van der Waals surface area (Å²) in [6.07, 6.45) is 20.3. The van der Waals surface area contributed by atoms with E-state index < -0.39 is 26.5 Å². The molecule has 10 heteroatoms. The van der Waals surface area contributed by atoms with Crippen molar-refractivity contribution in [2.75, 3.05) is 26.4 Å². The maximum atomic E-state index is 11.8. The third-order valence-corrected chi connectivity index (χ3v) is 6.18. The van der Waals surface area contributed by atoms with Crippen LogP contribution in [0.25, 0.3) is 0 Å². The number of allylic oxidation sites excluding steroid dienone is 4. The lowest BCUT2D eigenvalue weighted by molar-refractivity contribution is -0.147. The number of hydrogen-bond donors (Lipinski definition) is 3. The molecule has 0 saturated heterocycles. The van der Waals surface area contributed by atoms with E-state index in [1.54, 1.807) is 6.92 Å². The van der Waals surface area contributed by atoms with Crippen LogP contribution in [0.3, 0.4) is 0 Å². The fourth-order valence-electron chi connectivity index (χ4n) is 3.08. The van der Waals surface area contributed by atoms with Crippen molar-refractivity contribution < 1.29 is 37.9 Å². The standard InChI is InChI=1S/C26H48NO8P/c1-3-5-6-7-8-9-10-11-12-13-14-15-16-17-18-19-26(30)33-22-24(28)23-35-36(31,32)34-21-20-27-25(29)4-2/h8-9,11-12,24,28H,3-7,10,13-23H2,1-2H3,(H,27,29)(H,31,32)/b9-8-,12-11-. The number of amides is 1. The first-order valence-corrected chi connectivity index (χ1v) is 14.8. The number of rotatable bonds is 24. The molecule has 1 amide bonds. The summed E-state index contributed by atoms with van der Waals surface area (Å²) in [5.74, 6) is -0.626. The Morgan fingerprint density at radius 2 is 1.53 bits per heavy atom. The molecule has 0 saturated carbocycles. The van der Waals surface area contributed by atoms with Gasteiger partial charge in [0.1, 0.15) is 12.7 Å². The average Bonchev–Trinajstić information content (AvgIpc) is 2.86. The van der Waals surface area contributed by atoms with Gasteiger partial charge in [-0.15, -0.1) is 0 Å². The van der Waals surface area contributed by atoms with E-state index >= 15 is 0 Å². The number of carbonyl (C=O) groups is 2. The Bertz CT molecular complexity index is 668. The third-order valence-electron chi connectivity index (χ3n) is 5.20. The molecular formula is C26H48NO8P. The molecule has 2 atom stereocenters. The minimum absolute atomic E-state index is 0.0644. The van der Waals surface area contributed by atoms with Crippen LogP contribution in [0.4, 0.5) is 0 Å². The first-order chi connectivity index (χ1) is 17.3. The maximum Gasteiger partial charge on any atom is 0.472 e. The number of aliphatic hydroxyl groups excluding tert-OH is 1. The van der Waals surface area contributed by atoms with Gasteiger partial charge < -0.3 is 20.1 Å². The number of unbranched alkanes of at least 4 members (excludes halogenated alkanes) is 8. The summed E-state index contributed by atoms with van der Waals surface area (Å²) in [6.45, 7) is 2.90. The summed E-state index contributed by atoms with van der Waals surface area (Å²) in [6, 6.07) is 0. The summed E-state index contributed by atoms with van der Waals surface area (Å²) in [5.41, 5.74) is 0. The Morgan fingerprint density at radius 3 is 2.19 bits per heavy atom. The van der Waals surface area contributed by atoms with E-state index in [4.69, 9.17) is 4.74 Å². The Labute approximate surface area is 217 Å². The third kappa shape index (κ3) is 24.2. The van der Waals surface area contributed by atoms with Crippen LogP contribution in [0.1, 0.15) is 97.3 Å². The van der Waals surface area contributed by atoms with Gasteiger partial charge in [-0.2, -0.15) is 0 Å². The van der Waals surface area contributed by atoms with Crippen LogP contribution in [0, 0.1) is 0 Å². The zero-order valence-electron chi connectivity index (χ0n) is 22.2. The summed E-state index contributed by atoms with van der Waals surface area (Å²) in [7, 11) is -4.37. The molecule has 0 aliphatic rings. The van der Waals surface area contributed by atoms with Crippen molar-refractivity contribution in [1.29, 1.82) is 0 Å². The van der Waals surface area contributed by atoms with Gasteiger partial charge in [0.05, 0.1) is 13.2 Å². The molecule has 3 N–H and O–H groups in total. The molecule has 0 aliphatic heterocycles. The topological polar surface area (TPSA) is 131 Å². The van der Waals surface area contributed by atoms with Gasteiger partial charge in [-0.1, -0.05) is 70.3 Å². The van der Waals surface area contributed by atoms with Crippen LogP contribution in [0.15, 0.2) is 24.3 Å². The first kappa shape index (κ1) is 34.5. The van der Waals surface area contributed by atoms with Crippen molar-refractivity contribution in [2.45, 2.75) is 103 Å². The highest BCUT2D eigenvalue weighted by Crippen LogP contribution is 2.42. The van der Waals surface area contributed by atoms with E-state index in [0.29, 0.717) is 6.42 Å². The highest BCUT2D eigenvalue weighted by molar-refractivity contribution is 7.47. The summed E-state index contributed by atoms with van der Waals surface area (Å²) in [5, 5.41) is 12.3. The quantitative estimate of drug-likeness (QED) is 0.0654. The highest BCUT2D eigenvalue weighted by Gasteiger charge is 2.23. The van der Waals surface area contributed by atoms with Gasteiger partial charge in [0, 0.05) is 19.4 Å². The molecule has 0 aromatic heterocycles. The van der Waals surface area contributed by atoms with E-state index in [-0.39, 0.29) is 32.1 Å². The van der Waals surface area contributed by atoms with Gasteiger partial charge in [-0.25, -0.2) is 4.57 Å². The van der Waals surface area contributed by atoms with E-state index in [0.717, 1.165) is 44.9 Å². The summed E-state index contributed by atoms with van der Waals surface area (Å²) in [4.78, 5) is 32.4. The number of nitrogens with one attached hydrogen (secondary N) is 1. The lowest BCUT2D eigenvalue weighted by Gasteiger charge is -2.15. The number of hydrogen-bond acceptors (Lipinski definition) is 7. The van der Waals surface area contributed by atoms with Gasteiger partial charge in [-0.3, -0.25) is 18.6 Å². The van der Waals surface area contributed by atoms with Crippen LogP contribution in [0.5, 0.6) is 0 Å². The van der Waals surface area contributed by atoms with Gasteiger partial charge in [0.15, 0.2) is 0 Å². The van der Waals surface area contributed by atoms with Crippen molar-refractivity contribution in [2.24, 2.45) is 0 Å². The lowest BCUT2D eigenvalue weighted by atomic mass is 10.1. The van der Waals surface area contributed by atoms with Crippen LogP contribution < -0.4 is 5.32 Å². The SMILES string of the molecule is CCCCC/C=C\C/C=C\CCCCCCCC(=O)OCC(O)COP(=O)(O)OCCNC(=O)CC. The largest absolute Gasteiger partial charge is 0.472 e. The fraction of sp³-hybridized carbons (Fsp3) is 0.769. The smallest absolute Gasteiger partial charge is 0.463 e. The molecule has 0 aliphatic carbocycles. The van der Waals surface area contributed by atoms with Crippen molar-refractivity contribution in [3.63, 3.8) is 0 Å². The first-order valence-electron chi connectivity index (χ1n) is 13.3. The van der Waals surface area contributed by atoms with E-state index in [1.165, 1.54) is 25.7 Å². The van der Waals surface area contributed by atoms with Crippen LogP contribution >= 0.6 is 7.82 Å². The molecule has 0 rings (SSSR count). The minimum Gasteiger partial charge on any atom is -0.463 e. The normalized spacial score (nSPS) is 14.2. The Balaban J connectivity index is 3.63. The van der Waals surface area contributed by atoms with Gasteiger partial charge >= 0.3 is 13.8 Å². The Hall–Kier alpha value is -1.51. The molecule has 0 fully saturated rings. The fourth-order valence-corrected chi connectivity index (χ4v) is 3.84. The average molecular weight is 534 g/mol. The van der Waals surface area contributed by atoms with Crippen molar-refractivity contribution in [3.8, 4) is 0 Å². The molecule has 0 spiro atoms. The zero-order chi connectivity index (χ0) is 26.9. The number of carbonyl (C=O) groups excluding carboxylic acids is 2. The molecule has 36 heavy (non-hydrogen) atoms. The number of phosphoric acid groups is 1. The molecule has 0 aromatic carbocycles. The lowest BCUT2D eigenvalue weighted by Crippen LogP contribution is -2.26. The molecule has 2 unspecified atom stereocenters. The summed E-state index contributed by atoms with van der Waals surface area (Å²) >= 11 is 0. The van der Waals surface area contributed by atoms with E-state index in [1.807, 2.05) is 0 Å². The molecular weight excluding hydrogens is 485 g/mol. The molecule has 210 valence electrons. The Morgan fingerprint density at radius 1 is 0.889 bits per heavy atom. The Kier molecular flexibility index (Phi) is 22.9. The maximum absolute atomic E-state index is 11.8. The van der Waals surface area contributed by atoms with Crippen molar-refractivity contribution in [3.05, 3.63) is 24.3 Å². The van der Waals surface area contributed by atoms with Crippen molar-refractivity contribution >= 4 is 19.7 Å². The molecule has 9 nitrogen and oxygen atoms in total. The van der Waals surface area contributed by atoms with Gasteiger partial charge in [0.25, 0.3) is 0 Å². The van der Waals surface area contributed by atoms with E-state index in [2.05, 4.69) is 45.6 Å². The van der Waals surface area contributed by atoms with Crippen LogP contribution in [0.2, 0.25) is 0 Å². The van der Waals surface area contributed by atoms with Crippen LogP contribution in [-0.4, -0.2) is 54.3 Å². The second-order valence-electron chi connectivity index (χ2n) is 8.62. The van der Waals surface area contributed by atoms with Crippen molar-refractivity contribution in [1.82, 2.24) is 5.32 Å². The number of ether oxygens (including phenoxy) is 1. The molecule has 0 bridgehead atoms. The van der Waals surface area contributed by atoms with Gasteiger partial charge in [-0.05, 0) is 38.5 Å². The molecule has 0 aromatic rings.